The second-order valence-corrected chi connectivity index (χ2v) is 20.1. The van der Waals surface area contributed by atoms with Crippen molar-refractivity contribution in [3.05, 3.63) is 47.0 Å². The van der Waals surface area contributed by atoms with Gasteiger partial charge < -0.3 is 33.6 Å². The lowest BCUT2D eigenvalue weighted by Gasteiger charge is -2.68. The quantitative estimate of drug-likeness (QED) is 0.144. The molecule has 1 saturated heterocycles. The van der Waals surface area contributed by atoms with E-state index in [1.54, 1.807) is 65.0 Å². The molecule has 1 heterocycles. The molecule has 11 nitrogen and oxygen atoms in total. The Kier molecular flexibility index (Phi) is 10.4. The van der Waals surface area contributed by atoms with Gasteiger partial charge in [-0.25, -0.2) is 4.79 Å². The maximum Gasteiger partial charge on any atom is 0.338 e. The first-order valence-corrected chi connectivity index (χ1v) is 20.6. The molecule has 2 bridgehead atoms. The molecule has 9 atom stereocenters. The molecule has 0 aromatic heterocycles. The lowest BCUT2D eigenvalue weighted by Crippen LogP contribution is -2.82. The monoisotopic (exact) mass is 714 g/mol. The molecule has 1 unspecified atom stereocenters. The van der Waals surface area contributed by atoms with E-state index in [4.69, 9.17) is 23.4 Å². The zero-order valence-electron chi connectivity index (χ0n) is 30.9. The van der Waals surface area contributed by atoms with Crippen LogP contribution in [0.5, 0.6) is 0 Å². The average Bonchev–Trinajstić information content (AvgIpc) is 3.08. The van der Waals surface area contributed by atoms with E-state index in [0.29, 0.717) is 5.57 Å². The van der Waals surface area contributed by atoms with E-state index in [1.807, 2.05) is 0 Å². The van der Waals surface area contributed by atoms with Crippen LogP contribution in [0.25, 0.3) is 0 Å². The number of fused-ring (bicyclic) bond motifs is 5. The van der Waals surface area contributed by atoms with Gasteiger partial charge >= 0.3 is 17.9 Å². The van der Waals surface area contributed by atoms with Gasteiger partial charge in [-0.1, -0.05) is 59.7 Å². The predicted molar refractivity (Wildman–Crippen MR) is 185 cm³/mol. The highest BCUT2D eigenvalue weighted by Crippen LogP contribution is 2.65. The normalized spacial score (nSPS) is 36.2. The summed E-state index contributed by atoms with van der Waals surface area (Å²) in [5.41, 5.74) is -5.81. The Morgan fingerprint density at radius 2 is 1.62 bits per heavy atom. The maximum absolute atomic E-state index is 15.8. The number of hydrogen-bond acceptors (Lipinski definition) is 11. The molecule has 3 fully saturated rings. The van der Waals surface area contributed by atoms with Crippen molar-refractivity contribution in [2.45, 2.75) is 141 Å². The number of rotatable bonds is 10. The molecular weight excluding hydrogens is 660 g/mol. The minimum atomic E-state index is -2.48. The van der Waals surface area contributed by atoms with Gasteiger partial charge in [-0.05, 0) is 55.3 Å². The van der Waals surface area contributed by atoms with Gasteiger partial charge in [0, 0.05) is 31.6 Å². The van der Waals surface area contributed by atoms with Crippen LogP contribution in [-0.2, 0) is 37.8 Å². The van der Waals surface area contributed by atoms with Crippen molar-refractivity contribution in [3.8, 4) is 0 Å². The Bertz CT molecular complexity index is 1530. The van der Waals surface area contributed by atoms with E-state index in [2.05, 4.69) is 20.8 Å². The SMILES string of the molecule is CCC(=O)O[C@H]1C(=O)[C@@]2(C)C([C@H](OC(=O)c3ccccc3)[C@]3(O)C[C@H](O)C(C)=C1C3(C)C)[C@]1(OC(C)=O)CO[C@@H]1C[C@@H]2O[Si](CC)(CC)CC. The minimum absolute atomic E-state index is 0.0223. The number of Topliss-reactive ketones (excluding diaryl/α,β-unsaturated/α-hetero) is 1. The third-order valence-corrected chi connectivity index (χ3v) is 17.4. The second-order valence-electron chi connectivity index (χ2n) is 15.3. The molecule has 2 N–H and O–H groups in total. The minimum Gasteiger partial charge on any atom is -0.455 e. The number of ether oxygens (including phenoxy) is 4. The number of ketones is 1. The van der Waals surface area contributed by atoms with E-state index >= 15 is 4.79 Å². The number of carbonyl (C=O) groups is 4. The van der Waals surface area contributed by atoms with E-state index in [9.17, 15) is 24.6 Å². The van der Waals surface area contributed by atoms with Crippen LogP contribution < -0.4 is 0 Å². The molecule has 276 valence electrons. The number of carbonyl (C=O) groups excluding carboxylic acids is 4. The van der Waals surface area contributed by atoms with Crippen LogP contribution >= 0.6 is 0 Å². The molecule has 0 spiro atoms. The van der Waals surface area contributed by atoms with Crippen LogP contribution in [-0.4, -0.2) is 90.6 Å². The molecule has 3 aliphatic carbocycles. The topological polar surface area (TPSA) is 155 Å². The molecule has 5 rings (SSSR count). The first-order valence-electron chi connectivity index (χ1n) is 18.0. The Labute approximate surface area is 296 Å². The summed E-state index contributed by atoms with van der Waals surface area (Å²) in [6.07, 6.45) is -6.06. The molecule has 0 amide bonds. The molecule has 4 aliphatic rings. The van der Waals surface area contributed by atoms with Crippen molar-refractivity contribution in [3.63, 3.8) is 0 Å². The van der Waals surface area contributed by atoms with Crippen molar-refractivity contribution in [2.24, 2.45) is 16.7 Å². The summed E-state index contributed by atoms with van der Waals surface area (Å²) in [5, 5.41) is 24.9. The van der Waals surface area contributed by atoms with Crippen LogP contribution in [0.1, 0.15) is 91.9 Å². The van der Waals surface area contributed by atoms with E-state index in [-0.39, 0.29) is 37.0 Å². The summed E-state index contributed by atoms with van der Waals surface area (Å²) < 4.78 is 32.1. The van der Waals surface area contributed by atoms with Gasteiger partial charge in [0.2, 0.25) is 0 Å². The number of aliphatic hydroxyl groups is 2. The fourth-order valence-corrected chi connectivity index (χ4v) is 12.4. The molecule has 1 aromatic carbocycles. The second kappa shape index (κ2) is 13.6. The molecule has 50 heavy (non-hydrogen) atoms. The number of esters is 3. The molecule has 2 saturated carbocycles. The van der Waals surface area contributed by atoms with E-state index in [0.717, 1.165) is 18.1 Å². The highest BCUT2D eigenvalue weighted by atomic mass is 28.4. The summed E-state index contributed by atoms with van der Waals surface area (Å²) in [6, 6.07) is 10.6. The number of aliphatic hydroxyl groups excluding tert-OH is 1. The molecule has 1 aromatic rings. The third-order valence-electron chi connectivity index (χ3n) is 12.8. The largest absolute Gasteiger partial charge is 0.455 e. The Balaban J connectivity index is 1.88. The highest BCUT2D eigenvalue weighted by Gasteiger charge is 2.78. The average molecular weight is 715 g/mol. The van der Waals surface area contributed by atoms with E-state index < -0.39 is 90.5 Å². The van der Waals surface area contributed by atoms with Crippen LogP contribution in [0.4, 0.5) is 0 Å². The standard InChI is InChI=1S/C38H54O11Si/c1-10-28(41)46-30-29-22(5)25(40)20-38(44,35(29,7)8)33(47-34(43)24-17-15-14-16-18-24)31-36(9,32(30)42)26(49-50(11-2,12-3)13-4)19-27-37(31,21-45-27)48-23(6)39/h14-18,25-27,30-31,33,40,44H,10-13,19-21H2,1-9H3/t25-,26-,27+,30+,31?,33-,36+,37-,38+/m0/s1. The Morgan fingerprint density at radius 3 is 2.14 bits per heavy atom. The van der Waals surface area contributed by atoms with Gasteiger partial charge in [-0.15, -0.1) is 0 Å². The fraction of sp³-hybridized carbons (Fsp3) is 0.684. The first-order chi connectivity index (χ1) is 23.4. The van der Waals surface area contributed by atoms with Crippen LogP contribution in [0, 0.1) is 16.7 Å². The Hall–Kier alpha value is -2.90. The molecule has 0 radical (unpaired) electrons. The lowest BCUT2D eigenvalue weighted by atomic mass is 9.44. The van der Waals surface area contributed by atoms with Crippen molar-refractivity contribution in [2.75, 3.05) is 6.61 Å². The van der Waals surface area contributed by atoms with Gasteiger partial charge in [0.1, 0.15) is 17.8 Å². The van der Waals surface area contributed by atoms with Gasteiger partial charge in [0.25, 0.3) is 0 Å². The van der Waals surface area contributed by atoms with Gasteiger partial charge in [0.15, 0.2) is 25.8 Å². The van der Waals surface area contributed by atoms with Crippen LogP contribution in [0.15, 0.2) is 41.5 Å². The summed E-state index contributed by atoms with van der Waals surface area (Å²) in [6.45, 7) is 15.8. The van der Waals surface area contributed by atoms with Gasteiger partial charge in [-0.3, -0.25) is 14.4 Å². The van der Waals surface area contributed by atoms with Crippen molar-refractivity contribution >= 4 is 32.0 Å². The summed E-state index contributed by atoms with van der Waals surface area (Å²) in [5.74, 6) is -3.81. The zero-order chi connectivity index (χ0) is 37.0. The van der Waals surface area contributed by atoms with Crippen molar-refractivity contribution in [1.82, 2.24) is 0 Å². The number of hydrogen-bond donors (Lipinski definition) is 2. The molecule has 1 aliphatic heterocycles. The highest BCUT2D eigenvalue weighted by molar-refractivity contribution is 6.73. The smallest absolute Gasteiger partial charge is 0.338 e. The maximum atomic E-state index is 15.8. The molecule has 12 heteroatoms. The van der Waals surface area contributed by atoms with Crippen molar-refractivity contribution < 1.29 is 52.8 Å². The summed E-state index contributed by atoms with van der Waals surface area (Å²) in [7, 11) is -2.48. The summed E-state index contributed by atoms with van der Waals surface area (Å²) in [4.78, 5) is 56.1. The van der Waals surface area contributed by atoms with Gasteiger partial charge in [-0.2, -0.15) is 0 Å². The van der Waals surface area contributed by atoms with Crippen molar-refractivity contribution in [1.29, 1.82) is 0 Å². The molecular formula is C38H54O11Si. The fourth-order valence-electron chi connectivity index (χ4n) is 9.41. The third kappa shape index (κ3) is 5.69. The Morgan fingerprint density at radius 1 is 1.00 bits per heavy atom. The van der Waals surface area contributed by atoms with Crippen LogP contribution in [0.2, 0.25) is 18.1 Å². The van der Waals surface area contributed by atoms with Gasteiger partial charge in [0.05, 0.1) is 35.7 Å². The van der Waals surface area contributed by atoms with Crippen LogP contribution in [0.3, 0.4) is 0 Å². The summed E-state index contributed by atoms with van der Waals surface area (Å²) >= 11 is 0. The zero-order valence-corrected chi connectivity index (χ0v) is 31.9. The predicted octanol–water partition coefficient (Wildman–Crippen LogP) is 5.07. The first kappa shape index (κ1) is 38.3. The van der Waals surface area contributed by atoms with E-state index in [1.165, 1.54) is 6.92 Å². The lowest BCUT2D eigenvalue weighted by molar-refractivity contribution is -0.344. The number of benzene rings is 1.